The summed E-state index contributed by atoms with van der Waals surface area (Å²) in [5, 5.41) is 6.58. The van der Waals surface area contributed by atoms with Crippen molar-refractivity contribution in [1.82, 2.24) is 9.97 Å². The van der Waals surface area contributed by atoms with Crippen molar-refractivity contribution in [2.75, 3.05) is 17.7 Å². The molecule has 3 rings (SSSR count). The summed E-state index contributed by atoms with van der Waals surface area (Å²) in [5.74, 6) is 2.19. The van der Waals surface area contributed by atoms with E-state index >= 15 is 0 Å². The van der Waals surface area contributed by atoms with Crippen molar-refractivity contribution in [3.8, 4) is 5.75 Å². The van der Waals surface area contributed by atoms with E-state index in [0.29, 0.717) is 12.5 Å². The third-order valence-corrected chi connectivity index (χ3v) is 3.79. The van der Waals surface area contributed by atoms with Gasteiger partial charge in [-0.2, -0.15) is 4.98 Å². The number of nitrogens with one attached hydrogen (secondary N) is 2. The first kappa shape index (κ1) is 16.8. The van der Waals surface area contributed by atoms with Crippen LogP contribution in [0.25, 0.3) is 0 Å². The minimum atomic E-state index is 0.608. The molecule has 5 heteroatoms. The molecule has 128 valence electrons. The first-order valence-corrected chi connectivity index (χ1v) is 8.18. The molecule has 0 fully saturated rings. The van der Waals surface area contributed by atoms with Crippen molar-refractivity contribution < 1.29 is 4.74 Å². The molecular weight excluding hydrogens is 312 g/mol. The Balaban J connectivity index is 1.69. The van der Waals surface area contributed by atoms with Crippen molar-refractivity contribution in [2.24, 2.45) is 0 Å². The van der Waals surface area contributed by atoms with E-state index in [9.17, 15) is 0 Å². The van der Waals surface area contributed by atoms with Crippen molar-refractivity contribution in [2.45, 2.75) is 20.4 Å². The fourth-order valence-corrected chi connectivity index (χ4v) is 2.42. The quantitative estimate of drug-likeness (QED) is 0.697. The molecule has 0 radical (unpaired) electrons. The van der Waals surface area contributed by atoms with E-state index in [4.69, 9.17) is 4.74 Å². The average Bonchev–Trinajstić information content (AvgIpc) is 2.61. The van der Waals surface area contributed by atoms with Gasteiger partial charge in [-0.25, -0.2) is 4.98 Å². The van der Waals surface area contributed by atoms with Gasteiger partial charge in [0.15, 0.2) is 0 Å². The highest BCUT2D eigenvalue weighted by atomic mass is 16.5. The Morgan fingerprint density at radius 2 is 1.64 bits per heavy atom. The van der Waals surface area contributed by atoms with Crippen LogP contribution in [0.5, 0.6) is 5.75 Å². The summed E-state index contributed by atoms with van der Waals surface area (Å²) < 4.78 is 5.18. The molecule has 1 aromatic heterocycles. The molecular formula is C20H22N4O. The van der Waals surface area contributed by atoms with Gasteiger partial charge in [-0.15, -0.1) is 0 Å². The maximum atomic E-state index is 5.18. The van der Waals surface area contributed by atoms with Crippen molar-refractivity contribution in [3.05, 3.63) is 71.4 Å². The number of aryl methyl sites for hydroxylation is 2. The Morgan fingerprint density at radius 1 is 0.920 bits per heavy atom. The maximum Gasteiger partial charge on any atom is 0.225 e. The summed E-state index contributed by atoms with van der Waals surface area (Å²) in [6, 6.07) is 18.1. The molecule has 5 nitrogen and oxygen atoms in total. The van der Waals surface area contributed by atoms with Crippen LogP contribution < -0.4 is 15.4 Å². The first-order valence-electron chi connectivity index (χ1n) is 8.18. The van der Waals surface area contributed by atoms with Gasteiger partial charge in [0.1, 0.15) is 11.6 Å². The average molecular weight is 334 g/mol. The number of hydrogen-bond donors (Lipinski definition) is 2. The molecule has 0 aliphatic heterocycles. The van der Waals surface area contributed by atoms with Gasteiger partial charge in [0.2, 0.25) is 5.95 Å². The molecule has 0 saturated carbocycles. The van der Waals surface area contributed by atoms with E-state index < -0.39 is 0 Å². The van der Waals surface area contributed by atoms with Gasteiger partial charge < -0.3 is 15.4 Å². The van der Waals surface area contributed by atoms with Crippen LogP contribution in [0.1, 0.15) is 16.8 Å². The topological polar surface area (TPSA) is 59.1 Å². The van der Waals surface area contributed by atoms with Crippen LogP contribution in [-0.4, -0.2) is 17.1 Å². The van der Waals surface area contributed by atoms with Crippen molar-refractivity contribution >= 4 is 17.5 Å². The fourth-order valence-electron chi connectivity index (χ4n) is 2.42. The lowest BCUT2D eigenvalue weighted by Gasteiger charge is -2.10. The Morgan fingerprint density at radius 3 is 2.32 bits per heavy atom. The zero-order chi connectivity index (χ0) is 17.6. The molecule has 0 spiro atoms. The zero-order valence-electron chi connectivity index (χ0n) is 14.7. The molecule has 0 aliphatic rings. The summed E-state index contributed by atoms with van der Waals surface area (Å²) in [5.41, 5.74) is 4.29. The lowest BCUT2D eigenvalue weighted by Crippen LogP contribution is -2.06. The molecule has 2 N–H and O–H groups in total. The van der Waals surface area contributed by atoms with Gasteiger partial charge >= 0.3 is 0 Å². The largest absolute Gasteiger partial charge is 0.497 e. The number of hydrogen-bond acceptors (Lipinski definition) is 5. The Labute approximate surface area is 148 Å². The lowest BCUT2D eigenvalue weighted by atomic mass is 10.1. The second kappa shape index (κ2) is 7.66. The van der Waals surface area contributed by atoms with E-state index in [1.807, 2.05) is 37.3 Å². The highest BCUT2D eigenvalue weighted by Crippen LogP contribution is 2.20. The van der Waals surface area contributed by atoms with E-state index in [1.165, 1.54) is 11.1 Å². The predicted octanol–water partition coefficient (Wildman–Crippen LogP) is 4.46. The maximum absolute atomic E-state index is 5.18. The molecule has 25 heavy (non-hydrogen) atoms. The number of benzene rings is 2. The molecule has 2 aromatic carbocycles. The Bertz CT molecular complexity index is 829. The standard InChI is InChI=1S/C20H22N4O/c1-14-4-6-16(7-5-14)13-21-20-22-15(2)12-19(24-20)23-17-8-10-18(25-3)11-9-17/h4-12H,13H2,1-3H3,(H2,21,22,23,24). The minimum absolute atomic E-state index is 0.608. The van der Waals surface area contributed by atoms with Gasteiger partial charge in [0.25, 0.3) is 0 Å². The number of rotatable bonds is 6. The van der Waals surface area contributed by atoms with Gasteiger partial charge in [-0.05, 0) is 43.7 Å². The van der Waals surface area contributed by atoms with Crippen LogP contribution in [0.2, 0.25) is 0 Å². The lowest BCUT2D eigenvalue weighted by molar-refractivity contribution is 0.415. The summed E-state index contributed by atoms with van der Waals surface area (Å²) >= 11 is 0. The molecule has 0 bridgehead atoms. The smallest absolute Gasteiger partial charge is 0.225 e. The van der Waals surface area contributed by atoms with Crippen LogP contribution in [0.3, 0.4) is 0 Å². The highest BCUT2D eigenvalue weighted by Gasteiger charge is 2.03. The van der Waals surface area contributed by atoms with E-state index in [1.54, 1.807) is 7.11 Å². The first-order chi connectivity index (χ1) is 12.1. The van der Waals surface area contributed by atoms with Crippen molar-refractivity contribution in [3.63, 3.8) is 0 Å². The van der Waals surface area contributed by atoms with Crippen LogP contribution in [0.4, 0.5) is 17.5 Å². The number of aromatic nitrogens is 2. The van der Waals surface area contributed by atoms with E-state index in [2.05, 4.69) is 51.8 Å². The second-order valence-electron chi connectivity index (χ2n) is 5.91. The monoisotopic (exact) mass is 334 g/mol. The second-order valence-corrected chi connectivity index (χ2v) is 5.91. The minimum Gasteiger partial charge on any atom is -0.497 e. The molecule has 0 saturated heterocycles. The SMILES string of the molecule is COc1ccc(Nc2cc(C)nc(NCc3ccc(C)cc3)n2)cc1. The molecule has 0 amide bonds. The third kappa shape index (κ3) is 4.70. The Hall–Kier alpha value is -3.08. The van der Waals surface area contributed by atoms with Gasteiger partial charge in [-0.1, -0.05) is 29.8 Å². The van der Waals surface area contributed by atoms with E-state index in [0.717, 1.165) is 22.9 Å². The number of anilines is 3. The van der Waals surface area contributed by atoms with E-state index in [-0.39, 0.29) is 0 Å². The summed E-state index contributed by atoms with van der Waals surface area (Å²) in [7, 11) is 1.65. The van der Waals surface area contributed by atoms with Crippen LogP contribution >= 0.6 is 0 Å². The highest BCUT2D eigenvalue weighted by molar-refractivity contribution is 5.58. The summed E-state index contributed by atoms with van der Waals surface area (Å²) in [4.78, 5) is 8.99. The fraction of sp³-hybridized carbons (Fsp3) is 0.200. The molecule has 0 aliphatic carbocycles. The normalized spacial score (nSPS) is 10.4. The van der Waals surface area contributed by atoms with Crippen LogP contribution in [-0.2, 0) is 6.54 Å². The molecule has 1 heterocycles. The molecule has 0 atom stereocenters. The predicted molar refractivity (Wildman–Crippen MR) is 102 cm³/mol. The third-order valence-electron chi connectivity index (χ3n) is 3.79. The number of methoxy groups -OCH3 is 1. The number of ether oxygens (including phenoxy) is 1. The van der Waals surface area contributed by atoms with Gasteiger partial charge in [0.05, 0.1) is 7.11 Å². The summed E-state index contributed by atoms with van der Waals surface area (Å²) in [6.07, 6.45) is 0. The summed E-state index contributed by atoms with van der Waals surface area (Å²) in [6.45, 7) is 4.72. The zero-order valence-corrected chi connectivity index (χ0v) is 14.7. The Kier molecular flexibility index (Phi) is 5.14. The molecule has 3 aromatic rings. The van der Waals surface area contributed by atoms with Gasteiger partial charge in [0, 0.05) is 24.0 Å². The van der Waals surface area contributed by atoms with Crippen LogP contribution in [0, 0.1) is 13.8 Å². The number of nitrogens with zero attached hydrogens (tertiary/aromatic N) is 2. The van der Waals surface area contributed by atoms with Crippen molar-refractivity contribution in [1.29, 1.82) is 0 Å². The molecule has 0 unspecified atom stereocenters. The van der Waals surface area contributed by atoms with Gasteiger partial charge in [-0.3, -0.25) is 0 Å². The van der Waals surface area contributed by atoms with Crippen LogP contribution in [0.15, 0.2) is 54.6 Å².